The van der Waals surface area contributed by atoms with Gasteiger partial charge in [-0.2, -0.15) is 0 Å². The van der Waals surface area contributed by atoms with Gasteiger partial charge in [0.05, 0.1) is 6.61 Å². The minimum absolute atomic E-state index is 0.0615. The lowest BCUT2D eigenvalue weighted by molar-refractivity contribution is -0.146. The van der Waals surface area contributed by atoms with E-state index in [1.54, 1.807) is 0 Å². The van der Waals surface area contributed by atoms with Crippen molar-refractivity contribution in [1.82, 2.24) is 0 Å². The smallest absolute Gasteiger partial charge is 0.305 e. The van der Waals surface area contributed by atoms with E-state index in [1.807, 2.05) is 0 Å². The molecule has 0 rings (SSSR count). The highest BCUT2D eigenvalue weighted by Crippen LogP contribution is 2.28. The average molecular weight is 417 g/mol. The molecule has 0 bridgehead atoms. The first-order chi connectivity index (χ1) is 14.4. The van der Waals surface area contributed by atoms with E-state index < -0.39 is 0 Å². The van der Waals surface area contributed by atoms with Crippen LogP contribution in [0.15, 0.2) is 48.6 Å². The van der Waals surface area contributed by atoms with E-state index in [0.29, 0.717) is 18.9 Å². The summed E-state index contributed by atoms with van der Waals surface area (Å²) in [6.45, 7) is 11.6. The van der Waals surface area contributed by atoms with Crippen LogP contribution in [-0.4, -0.2) is 12.6 Å². The molecule has 0 aliphatic carbocycles. The molecular weight excluding hydrogens is 368 g/mol. The van der Waals surface area contributed by atoms with E-state index in [4.69, 9.17) is 4.74 Å². The Hall–Kier alpha value is -1.57. The lowest BCUT2D eigenvalue weighted by atomic mass is 9.80. The van der Waals surface area contributed by atoms with Gasteiger partial charge in [-0.3, -0.25) is 4.79 Å². The molecule has 1 unspecified atom stereocenters. The van der Waals surface area contributed by atoms with Gasteiger partial charge in [0.2, 0.25) is 0 Å². The topological polar surface area (TPSA) is 26.3 Å². The third-order valence-corrected chi connectivity index (χ3v) is 5.37. The highest BCUT2D eigenvalue weighted by molar-refractivity contribution is 5.69. The number of carbonyl (C=O) groups excluding carboxylic acids is 1. The molecule has 0 heterocycles. The summed E-state index contributed by atoms with van der Waals surface area (Å²) in [5.74, 6) is 0.364. The summed E-state index contributed by atoms with van der Waals surface area (Å²) in [4.78, 5) is 11.9. The quantitative estimate of drug-likeness (QED) is 0.134. The fourth-order valence-corrected chi connectivity index (χ4v) is 3.17. The summed E-state index contributed by atoms with van der Waals surface area (Å²) >= 11 is 0. The number of unbranched alkanes of at least 4 members (excludes halogenated alkanes) is 4. The van der Waals surface area contributed by atoms with Crippen LogP contribution in [0.4, 0.5) is 0 Å². The summed E-state index contributed by atoms with van der Waals surface area (Å²) in [7, 11) is 0. The van der Waals surface area contributed by atoms with Crippen molar-refractivity contribution in [3.8, 4) is 0 Å². The average Bonchev–Trinajstić information content (AvgIpc) is 2.69. The van der Waals surface area contributed by atoms with Gasteiger partial charge in [-0.15, -0.1) is 0 Å². The van der Waals surface area contributed by atoms with Gasteiger partial charge >= 0.3 is 5.97 Å². The third kappa shape index (κ3) is 18.5. The van der Waals surface area contributed by atoms with Gasteiger partial charge < -0.3 is 4.74 Å². The van der Waals surface area contributed by atoms with Crippen LogP contribution in [0.3, 0.4) is 0 Å². The second-order valence-corrected chi connectivity index (χ2v) is 9.13. The Kier molecular flexibility index (Phi) is 18.4. The monoisotopic (exact) mass is 416 g/mol. The van der Waals surface area contributed by atoms with Crippen molar-refractivity contribution in [2.24, 2.45) is 11.3 Å². The van der Waals surface area contributed by atoms with Crippen molar-refractivity contribution >= 4 is 5.97 Å². The third-order valence-electron chi connectivity index (χ3n) is 5.37. The molecule has 0 aromatic heterocycles. The van der Waals surface area contributed by atoms with Gasteiger partial charge in [-0.05, 0) is 62.7 Å². The van der Waals surface area contributed by atoms with E-state index in [1.165, 1.54) is 25.7 Å². The fraction of sp³-hybridized carbons (Fsp3) is 0.679. The zero-order chi connectivity index (χ0) is 22.5. The highest BCUT2D eigenvalue weighted by atomic mass is 16.5. The van der Waals surface area contributed by atoms with Gasteiger partial charge in [-0.25, -0.2) is 0 Å². The van der Waals surface area contributed by atoms with Crippen molar-refractivity contribution in [2.45, 2.75) is 105 Å². The summed E-state index contributed by atoms with van der Waals surface area (Å²) < 4.78 is 5.47. The van der Waals surface area contributed by atoms with E-state index in [2.05, 4.69) is 83.2 Å². The zero-order valence-electron chi connectivity index (χ0n) is 20.5. The first kappa shape index (κ1) is 28.4. The second-order valence-electron chi connectivity index (χ2n) is 9.13. The largest absolute Gasteiger partial charge is 0.465 e. The molecule has 0 aliphatic heterocycles. The second kappa shape index (κ2) is 19.4. The highest BCUT2D eigenvalue weighted by Gasteiger charge is 2.24. The molecule has 172 valence electrons. The van der Waals surface area contributed by atoms with E-state index in [0.717, 1.165) is 38.5 Å². The molecule has 0 aromatic rings. The van der Waals surface area contributed by atoms with Crippen LogP contribution in [0.5, 0.6) is 0 Å². The van der Waals surface area contributed by atoms with Crippen molar-refractivity contribution < 1.29 is 9.53 Å². The lowest BCUT2D eigenvalue weighted by Crippen LogP contribution is -2.26. The Morgan fingerprint density at radius 1 is 0.767 bits per heavy atom. The number of hydrogen-bond donors (Lipinski definition) is 0. The number of rotatable bonds is 17. The van der Waals surface area contributed by atoms with Crippen LogP contribution in [0.2, 0.25) is 0 Å². The number of allylic oxidation sites excluding steroid dienone is 8. The normalized spacial score (nSPS) is 13.9. The van der Waals surface area contributed by atoms with E-state index >= 15 is 0 Å². The molecule has 0 spiro atoms. The predicted octanol–water partition coefficient (Wildman–Crippen LogP) is 8.75. The molecular formula is C28H48O2. The van der Waals surface area contributed by atoms with Gasteiger partial charge in [0, 0.05) is 6.42 Å². The van der Waals surface area contributed by atoms with E-state index in [-0.39, 0.29) is 11.4 Å². The van der Waals surface area contributed by atoms with Crippen LogP contribution in [-0.2, 0) is 9.53 Å². The van der Waals surface area contributed by atoms with Crippen molar-refractivity contribution in [1.29, 1.82) is 0 Å². The van der Waals surface area contributed by atoms with Crippen LogP contribution in [0.1, 0.15) is 105 Å². The maximum atomic E-state index is 11.9. The van der Waals surface area contributed by atoms with Crippen LogP contribution < -0.4 is 0 Å². The van der Waals surface area contributed by atoms with Gasteiger partial charge in [0.25, 0.3) is 0 Å². The number of hydrogen-bond acceptors (Lipinski definition) is 2. The molecule has 0 amide bonds. The van der Waals surface area contributed by atoms with Gasteiger partial charge in [0.15, 0.2) is 0 Å². The Labute approximate surface area is 187 Å². The molecule has 30 heavy (non-hydrogen) atoms. The SMILES string of the molecule is CCCCC/C=C\C/C=C\C/C=C\C/C=C\CCCC(=O)OCC(CC)C(C)(C)C. The number of esters is 1. The van der Waals surface area contributed by atoms with Crippen molar-refractivity contribution in [3.05, 3.63) is 48.6 Å². The summed E-state index contributed by atoms with van der Waals surface area (Å²) in [5, 5.41) is 0. The fourth-order valence-electron chi connectivity index (χ4n) is 3.17. The molecule has 2 nitrogen and oxygen atoms in total. The Morgan fingerprint density at radius 3 is 1.73 bits per heavy atom. The lowest BCUT2D eigenvalue weighted by Gasteiger charge is -2.29. The molecule has 0 saturated heterocycles. The molecule has 2 heteroatoms. The van der Waals surface area contributed by atoms with Gasteiger partial charge in [-0.1, -0.05) is 96.1 Å². The summed E-state index contributed by atoms with van der Waals surface area (Å²) in [6.07, 6.45) is 29.3. The molecule has 0 aliphatic rings. The molecule has 0 aromatic carbocycles. The maximum Gasteiger partial charge on any atom is 0.305 e. The molecule has 0 radical (unpaired) electrons. The van der Waals surface area contributed by atoms with Crippen LogP contribution in [0, 0.1) is 11.3 Å². The standard InChI is InChI=1S/C28H48O2/c1-6-8-9-10-11-12-13-14-15-16-17-18-19-20-21-22-23-24-27(29)30-25-26(7-2)28(3,4)5/h11-12,14-15,17-18,20-21,26H,6-10,13,16,19,22-25H2,1-5H3/b12-11-,15-14-,18-17-,21-20-. The van der Waals surface area contributed by atoms with Crippen LogP contribution >= 0.6 is 0 Å². The van der Waals surface area contributed by atoms with Crippen molar-refractivity contribution in [2.75, 3.05) is 6.61 Å². The summed E-state index contributed by atoms with van der Waals surface area (Å²) in [6, 6.07) is 0. The first-order valence-corrected chi connectivity index (χ1v) is 12.2. The predicted molar refractivity (Wildman–Crippen MR) is 133 cm³/mol. The van der Waals surface area contributed by atoms with Crippen LogP contribution in [0.25, 0.3) is 0 Å². The number of ether oxygens (including phenoxy) is 1. The number of carbonyl (C=O) groups is 1. The Bertz CT molecular complexity index is 517. The molecule has 0 N–H and O–H groups in total. The molecule has 1 atom stereocenters. The Morgan fingerprint density at radius 2 is 1.27 bits per heavy atom. The molecule has 0 saturated carbocycles. The van der Waals surface area contributed by atoms with E-state index in [9.17, 15) is 4.79 Å². The minimum atomic E-state index is -0.0615. The van der Waals surface area contributed by atoms with Crippen molar-refractivity contribution in [3.63, 3.8) is 0 Å². The first-order valence-electron chi connectivity index (χ1n) is 12.2. The summed E-state index contributed by atoms with van der Waals surface area (Å²) in [5.41, 5.74) is 0.187. The minimum Gasteiger partial charge on any atom is -0.465 e. The van der Waals surface area contributed by atoms with Gasteiger partial charge in [0.1, 0.15) is 0 Å². The maximum absolute atomic E-state index is 11.9. The molecule has 0 fully saturated rings. The zero-order valence-corrected chi connectivity index (χ0v) is 20.5. The Balaban J connectivity index is 3.66.